The molecule has 2 aliphatic heterocycles. The molecule has 0 bridgehead atoms. The number of amides is 1. The molecule has 2 atom stereocenters. The summed E-state index contributed by atoms with van der Waals surface area (Å²) in [5, 5.41) is 0. The molecule has 0 saturated carbocycles. The van der Waals surface area contributed by atoms with Crippen molar-refractivity contribution >= 4 is 22.8 Å². The van der Waals surface area contributed by atoms with Gasteiger partial charge in [-0.2, -0.15) is 0 Å². The number of benzene rings is 1. The summed E-state index contributed by atoms with van der Waals surface area (Å²) in [7, 11) is 0. The molecule has 120 valence electrons. The minimum Gasteiger partial charge on any atom is -0.350 e. The highest BCUT2D eigenvalue weighted by Crippen LogP contribution is 2.33. The minimum atomic E-state index is 0.198. The minimum absolute atomic E-state index is 0.198. The third-order valence-corrected chi connectivity index (χ3v) is 5.18. The van der Waals surface area contributed by atoms with Crippen molar-refractivity contribution in [1.29, 1.82) is 0 Å². The first kappa shape index (κ1) is 14.4. The highest BCUT2D eigenvalue weighted by molar-refractivity contribution is 5.76. The molecule has 1 aromatic heterocycles. The summed E-state index contributed by atoms with van der Waals surface area (Å²) in [4.78, 5) is 25.7. The van der Waals surface area contributed by atoms with Gasteiger partial charge in [0.25, 0.3) is 0 Å². The van der Waals surface area contributed by atoms with Crippen molar-refractivity contribution in [2.24, 2.45) is 0 Å². The van der Waals surface area contributed by atoms with Crippen LogP contribution in [0.4, 0.5) is 5.82 Å². The zero-order valence-electron chi connectivity index (χ0n) is 13.5. The van der Waals surface area contributed by atoms with Crippen LogP contribution in [0.1, 0.15) is 32.6 Å². The fourth-order valence-corrected chi connectivity index (χ4v) is 4.15. The summed E-state index contributed by atoms with van der Waals surface area (Å²) in [6, 6.07) is 8.67. The van der Waals surface area contributed by atoms with Crippen LogP contribution in [0.25, 0.3) is 11.0 Å². The summed E-state index contributed by atoms with van der Waals surface area (Å²) >= 11 is 0. The quantitative estimate of drug-likeness (QED) is 0.855. The Morgan fingerprint density at radius 1 is 1.09 bits per heavy atom. The maximum Gasteiger partial charge on any atom is 0.219 e. The second-order valence-electron chi connectivity index (χ2n) is 6.54. The number of carbonyl (C=O) groups is 1. The first-order valence-electron chi connectivity index (χ1n) is 8.50. The largest absolute Gasteiger partial charge is 0.350 e. The van der Waals surface area contributed by atoms with Crippen molar-refractivity contribution < 1.29 is 4.79 Å². The Kier molecular flexibility index (Phi) is 3.63. The van der Waals surface area contributed by atoms with Crippen LogP contribution < -0.4 is 4.90 Å². The number of hydrogen-bond acceptors (Lipinski definition) is 4. The van der Waals surface area contributed by atoms with Gasteiger partial charge < -0.3 is 9.80 Å². The topological polar surface area (TPSA) is 49.3 Å². The van der Waals surface area contributed by atoms with Gasteiger partial charge in [-0.1, -0.05) is 12.1 Å². The van der Waals surface area contributed by atoms with Crippen molar-refractivity contribution in [1.82, 2.24) is 14.9 Å². The van der Waals surface area contributed by atoms with Crippen molar-refractivity contribution in [3.8, 4) is 0 Å². The Labute approximate surface area is 136 Å². The summed E-state index contributed by atoms with van der Waals surface area (Å²) in [6.45, 7) is 3.58. The van der Waals surface area contributed by atoms with Gasteiger partial charge in [-0.25, -0.2) is 4.98 Å². The van der Waals surface area contributed by atoms with Gasteiger partial charge in [0.05, 0.1) is 29.3 Å². The lowest BCUT2D eigenvalue weighted by Crippen LogP contribution is -2.48. The van der Waals surface area contributed by atoms with E-state index in [2.05, 4.69) is 14.8 Å². The van der Waals surface area contributed by atoms with E-state index in [9.17, 15) is 4.79 Å². The number of para-hydroxylation sites is 2. The first-order chi connectivity index (χ1) is 11.2. The zero-order valence-corrected chi connectivity index (χ0v) is 13.5. The predicted molar refractivity (Wildman–Crippen MR) is 90.3 cm³/mol. The predicted octanol–water partition coefficient (Wildman–Crippen LogP) is 2.61. The van der Waals surface area contributed by atoms with Gasteiger partial charge in [-0.05, 0) is 37.8 Å². The summed E-state index contributed by atoms with van der Waals surface area (Å²) < 4.78 is 0. The van der Waals surface area contributed by atoms with E-state index in [0.29, 0.717) is 12.1 Å². The molecule has 0 spiro atoms. The van der Waals surface area contributed by atoms with E-state index in [1.54, 1.807) is 6.92 Å². The molecule has 2 unspecified atom stereocenters. The number of fused-ring (bicyclic) bond motifs is 1. The van der Waals surface area contributed by atoms with E-state index in [1.807, 2.05) is 30.5 Å². The molecule has 0 aliphatic carbocycles. The van der Waals surface area contributed by atoms with Crippen LogP contribution in [0.3, 0.4) is 0 Å². The molecule has 1 aromatic carbocycles. The summed E-state index contributed by atoms with van der Waals surface area (Å²) in [5.74, 6) is 1.14. The Balaban J connectivity index is 1.65. The molecule has 1 amide bonds. The maximum absolute atomic E-state index is 11.9. The molecule has 2 aliphatic rings. The Hall–Kier alpha value is -2.17. The van der Waals surface area contributed by atoms with Crippen molar-refractivity contribution in [3.63, 3.8) is 0 Å². The van der Waals surface area contributed by atoms with Gasteiger partial charge in [0.15, 0.2) is 0 Å². The van der Waals surface area contributed by atoms with Crippen molar-refractivity contribution in [2.45, 2.75) is 44.7 Å². The Morgan fingerprint density at radius 2 is 1.83 bits per heavy atom. The highest BCUT2D eigenvalue weighted by Gasteiger charge is 2.39. The van der Waals surface area contributed by atoms with Gasteiger partial charge in [0.1, 0.15) is 5.82 Å². The lowest BCUT2D eigenvalue weighted by molar-refractivity contribution is -0.129. The van der Waals surface area contributed by atoms with E-state index in [0.717, 1.165) is 55.6 Å². The number of anilines is 1. The number of nitrogens with zero attached hydrogens (tertiary/aromatic N) is 4. The zero-order chi connectivity index (χ0) is 15.8. The smallest absolute Gasteiger partial charge is 0.219 e. The van der Waals surface area contributed by atoms with Gasteiger partial charge in [0.2, 0.25) is 5.91 Å². The summed E-state index contributed by atoms with van der Waals surface area (Å²) in [6.07, 6.45) is 6.37. The van der Waals surface area contributed by atoms with Gasteiger partial charge in [0, 0.05) is 20.0 Å². The normalized spacial score (nSPS) is 24.6. The summed E-state index contributed by atoms with van der Waals surface area (Å²) in [5.41, 5.74) is 1.86. The van der Waals surface area contributed by atoms with E-state index >= 15 is 0 Å². The fourth-order valence-electron chi connectivity index (χ4n) is 4.15. The molecular formula is C18H22N4O. The lowest BCUT2D eigenvalue weighted by Gasteiger charge is -2.35. The molecule has 3 heterocycles. The Bertz CT molecular complexity index is 732. The van der Waals surface area contributed by atoms with Crippen LogP contribution in [-0.2, 0) is 4.79 Å². The molecule has 5 heteroatoms. The van der Waals surface area contributed by atoms with Crippen molar-refractivity contribution in [2.75, 3.05) is 18.0 Å². The van der Waals surface area contributed by atoms with Gasteiger partial charge >= 0.3 is 0 Å². The van der Waals surface area contributed by atoms with Crippen LogP contribution in [0.5, 0.6) is 0 Å². The SMILES string of the molecule is CC(=O)N1CCCC1C1CCCN1c1cnc2ccccc2n1. The lowest BCUT2D eigenvalue weighted by atomic mass is 10.0. The highest BCUT2D eigenvalue weighted by atomic mass is 16.2. The van der Waals surface area contributed by atoms with E-state index in [4.69, 9.17) is 4.98 Å². The second-order valence-corrected chi connectivity index (χ2v) is 6.54. The van der Waals surface area contributed by atoms with Crippen LogP contribution in [0.15, 0.2) is 30.5 Å². The molecular weight excluding hydrogens is 288 g/mol. The molecule has 0 N–H and O–H groups in total. The van der Waals surface area contributed by atoms with E-state index < -0.39 is 0 Å². The monoisotopic (exact) mass is 310 g/mol. The molecule has 2 fully saturated rings. The standard InChI is InChI=1S/C18H22N4O/c1-13(23)21-10-4-8-16(21)17-9-5-11-22(17)18-12-19-14-6-2-3-7-15(14)20-18/h2-3,6-7,12,16-17H,4-5,8-11H2,1H3. The van der Waals surface area contributed by atoms with Gasteiger partial charge in [-0.3, -0.25) is 9.78 Å². The van der Waals surface area contributed by atoms with E-state index in [-0.39, 0.29) is 5.91 Å². The molecule has 2 aromatic rings. The number of aromatic nitrogens is 2. The number of likely N-dealkylation sites (tertiary alicyclic amines) is 1. The average molecular weight is 310 g/mol. The first-order valence-corrected chi connectivity index (χ1v) is 8.50. The van der Waals surface area contributed by atoms with Crippen LogP contribution in [-0.4, -0.2) is 45.9 Å². The molecule has 4 rings (SSSR count). The number of carbonyl (C=O) groups excluding carboxylic acids is 1. The molecule has 5 nitrogen and oxygen atoms in total. The van der Waals surface area contributed by atoms with Crippen LogP contribution in [0, 0.1) is 0 Å². The Morgan fingerprint density at radius 3 is 2.65 bits per heavy atom. The third kappa shape index (κ3) is 2.54. The molecule has 2 saturated heterocycles. The molecule has 23 heavy (non-hydrogen) atoms. The van der Waals surface area contributed by atoms with Crippen LogP contribution in [0.2, 0.25) is 0 Å². The van der Waals surface area contributed by atoms with Crippen molar-refractivity contribution in [3.05, 3.63) is 30.5 Å². The van der Waals surface area contributed by atoms with E-state index in [1.165, 1.54) is 0 Å². The van der Waals surface area contributed by atoms with Crippen LogP contribution >= 0.6 is 0 Å². The maximum atomic E-state index is 11.9. The average Bonchev–Trinajstić information content (AvgIpc) is 3.22. The number of rotatable bonds is 2. The fraction of sp³-hybridized carbons (Fsp3) is 0.500. The number of hydrogen-bond donors (Lipinski definition) is 0. The third-order valence-electron chi connectivity index (χ3n) is 5.18. The molecule has 0 radical (unpaired) electrons. The van der Waals surface area contributed by atoms with Gasteiger partial charge in [-0.15, -0.1) is 0 Å². The second kappa shape index (κ2) is 5.80.